The number of amides is 1. The van der Waals surface area contributed by atoms with Crippen molar-refractivity contribution >= 4 is 17.6 Å². The molecule has 1 heterocycles. The van der Waals surface area contributed by atoms with Crippen LogP contribution >= 0.6 is 0 Å². The molecule has 2 rings (SSSR count). The predicted molar refractivity (Wildman–Crippen MR) is 105 cm³/mol. The van der Waals surface area contributed by atoms with E-state index in [1.807, 2.05) is 6.92 Å². The summed E-state index contributed by atoms with van der Waals surface area (Å²) >= 11 is 0. The summed E-state index contributed by atoms with van der Waals surface area (Å²) < 4.78 is 54.6. The van der Waals surface area contributed by atoms with Crippen LogP contribution in [0, 0.1) is 17.7 Å². The molecule has 1 aromatic carbocycles. The number of rotatable bonds is 8. The van der Waals surface area contributed by atoms with E-state index in [0.717, 1.165) is 19.4 Å². The summed E-state index contributed by atoms with van der Waals surface area (Å²) in [6, 6.07) is 2.26. The van der Waals surface area contributed by atoms with Gasteiger partial charge in [-0.1, -0.05) is 26.3 Å². The van der Waals surface area contributed by atoms with E-state index in [2.05, 4.69) is 5.32 Å². The average molecular weight is 432 g/mol. The van der Waals surface area contributed by atoms with Crippen LogP contribution in [0.3, 0.4) is 0 Å². The second-order valence-electron chi connectivity index (χ2n) is 7.86. The Labute approximate surface area is 173 Å². The lowest BCUT2D eigenvalue weighted by Gasteiger charge is -2.39. The van der Waals surface area contributed by atoms with Gasteiger partial charge in [0.25, 0.3) is 0 Å². The Morgan fingerprint density at radius 1 is 1.27 bits per heavy atom. The van der Waals surface area contributed by atoms with Crippen molar-refractivity contribution in [3.05, 3.63) is 29.6 Å². The van der Waals surface area contributed by atoms with Crippen molar-refractivity contribution in [1.29, 1.82) is 0 Å². The molecule has 1 fully saturated rings. The zero-order valence-corrected chi connectivity index (χ0v) is 17.1. The molecule has 2 atom stereocenters. The Morgan fingerprint density at radius 2 is 1.90 bits per heavy atom. The lowest BCUT2D eigenvalue weighted by Crippen LogP contribution is -2.54. The van der Waals surface area contributed by atoms with Gasteiger partial charge in [-0.2, -0.15) is 13.2 Å². The minimum absolute atomic E-state index is 0.116. The first-order valence-electron chi connectivity index (χ1n) is 10.1. The molecular weight excluding hydrogens is 404 g/mol. The predicted octanol–water partition coefficient (Wildman–Crippen LogP) is 4.47. The number of hydrogen-bond donors (Lipinski definition) is 2. The summed E-state index contributed by atoms with van der Waals surface area (Å²) in [5.41, 5.74) is 0.226. The van der Waals surface area contributed by atoms with Crippen molar-refractivity contribution in [1.82, 2.24) is 4.90 Å². The van der Waals surface area contributed by atoms with Gasteiger partial charge in [0.1, 0.15) is 11.9 Å². The van der Waals surface area contributed by atoms with E-state index >= 15 is 0 Å². The molecule has 0 saturated carbocycles. The van der Waals surface area contributed by atoms with Gasteiger partial charge in [-0.25, -0.2) is 4.39 Å². The molecule has 0 spiro atoms. The van der Waals surface area contributed by atoms with Gasteiger partial charge in [0.05, 0.1) is 11.6 Å². The molecular formula is C21H28F4N2O3. The van der Waals surface area contributed by atoms with E-state index in [0.29, 0.717) is 37.4 Å². The van der Waals surface area contributed by atoms with Crippen LogP contribution in [0.15, 0.2) is 18.2 Å². The van der Waals surface area contributed by atoms with E-state index in [9.17, 15) is 27.2 Å². The van der Waals surface area contributed by atoms with Gasteiger partial charge in [-0.05, 0) is 56.0 Å². The molecule has 2 N–H and O–H groups in total. The second-order valence-corrected chi connectivity index (χ2v) is 7.86. The van der Waals surface area contributed by atoms with Gasteiger partial charge >= 0.3 is 12.1 Å². The molecule has 0 aromatic heterocycles. The van der Waals surface area contributed by atoms with Gasteiger partial charge in [0.2, 0.25) is 5.91 Å². The summed E-state index contributed by atoms with van der Waals surface area (Å²) in [4.78, 5) is 25.1. The number of nitrogens with zero attached hydrogens (tertiary/aromatic N) is 1. The van der Waals surface area contributed by atoms with Gasteiger partial charge in [-0.3, -0.25) is 14.5 Å². The molecule has 1 aromatic rings. The van der Waals surface area contributed by atoms with E-state index in [-0.39, 0.29) is 18.5 Å². The van der Waals surface area contributed by atoms with Crippen LogP contribution in [0.5, 0.6) is 0 Å². The third kappa shape index (κ3) is 6.42. The van der Waals surface area contributed by atoms with Crippen molar-refractivity contribution in [3.63, 3.8) is 0 Å². The van der Waals surface area contributed by atoms with Crippen molar-refractivity contribution < 1.29 is 32.3 Å². The topological polar surface area (TPSA) is 69.6 Å². The van der Waals surface area contributed by atoms with Gasteiger partial charge in [0, 0.05) is 6.42 Å². The van der Waals surface area contributed by atoms with Crippen LogP contribution in [0.25, 0.3) is 0 Å². The van der Waals surface area contributed by atoms with Crippen molar-refractivity contribution in [2.45, 2.75) is 58.2 Å². The number of nitrogens with one attached hydrogen (secondary N) is 1. The maximum atomic E-state index is 14.2. The van der Waals surface area contributed by atoms with Gasteiger partial charge in [-0.15, -0.1) is 0 Å². The lowest BCUT2D eigenvalue weighted by molar-refractivity contribution is -0.189. The Bertz CT molecular complexity index is 746. The van der Waals surface area contributed by atoms with E-state index in [1.165, 1.54) is 17.0 Å². The number of piperidine rings is 1. The molecule has 168 valence electrons. The smallest absolute Gasteiger partial charge is 0.393 e. The number of aryl methyl sites for hydroxylation is 1. The number of aliphatic carboxylic acids is 1. The summed E-state index contributed by atoms with van der Waals surface area (Å²) in [5, 5.41) is 11.1. The molecule has 1 aliphatic heterocycles. The van der Waals surface area contributed by atoms with Crippen LogP contribution in [0.1, 0.15) is 45.1 Å². The molecule has 30 heavy (non-hydrogen) atoms. The van der Waals surface area contributed by atoms with E-state index in [4.69, 9.17) is 5.11 Å². The normalized spacial score (nSPS) is 18.1. The van der Waals surface area contributed by atoms with Crippen molar-refractivity contribution in [2.75, 3.05) is 18.4 Å². The lowest BCUT2D eigenvalue weighted by atomic mass is 9.90. The maximum Gasteiger partial charge on any atom is 0.393 e. The van der Waals surface area contributed by atoms with Crippen LogP contribution in [0.4, 0.5) is 23.2 Å². The zero-order valence-electron chi connectivity index (χ0n) is 17.1. The number of hydrogen-bond acceptors (Lipinski definition) is 3. The first kappa shape index (κ1) is 24.1. The highest BCUT2D eigenvalue weighted by Gasteiger charge is 2.47. The van der Waals surface area contributed by atoms with Gasteiger partial charge < -0.3 is 10.4 Å². The van der Waals surface area contributed by atoms with Crippen molar-refractivity contribution in [3.8, 4) is 0 Å². The number of carbonyl (C=O) groups is 2. The summed E-state index contributed by atoms with van der Waals surface area (Å²) in [6.07, 6.45) is -2.28. The fourth-order valence-electron chi connectivity index (χ4n) is 3.81. The first-order valence-corrected chi connectivity index (χ1v) is 10.1. The Balaban J connectivity index is 2.22. The quantitative estimate of drug-likeness (QED) is 0.595. The number of benzene rings is 1. The summed E-state index contributed by atoms with van der Waals surface area (Å²) in [7, 11) is 0. The highest BCUT2D eigenvalue weighted by atomic mass is 19.4. The number of halogens is 4. The molecule has 0 unspecified atom stereocenters. The largest absolute Gasteiger partial charge is 0.481 e. The highest BCUT2D eigenvalue weighted by molar-refractivity contribution is 5.95. The standard InChI is InChI=1S/C21H28F4N2O3/c1-3-14-8-10-27(11-9-14)19(13(2)21(23,24)25)20(30)26-17-12-15(4-6-16(17)22)5-7-18(28)29/h4,6,12-14,19H,3,5,7-11H2,1-2H3,(H,26,30)(H,28,29)/t13-,19-/m1/s1. The number of anilines is 1. The fraction of sp³-hybridized carbons (Fsp3) is 0.619. The Kier molecular flexibility index (Phi) is 8.23. The van der Waals surface area contributed by atoms with Crippen LogP contribution < -0.4 is 5.32 Å². The Morgan fingerprint density at radius 3 is 2.43 bits per heavy atom. The number of carboxylic acids is 1. The Hall–Kier alpha value is -2.16. The van der Waals surface area contributed by atoms with Gasteiger partial charge in [0.15, 0.2) is 0 Å². The number of carbonyl (C=O) groups excluding carboxylic acids is 1. The van der Waals surface area contributed by atoms with E-state index in [1.54, 1.807) is 0 Å². The summed E-state index contributed by atoms with van der Waals surface area (Å²) in [5.74, 6) is -4.22. The van der Waals surface area contributed by atoms with E-state index < -0.39 is 35.8 Å². The molecule has 1 saturated heterocycles. The number of likely N-dealkylation sites (tertiary alicyclic amines) is 1. The third-order valence-electron chi connectivity index (χ3n) is 5.79. The maximum absolute atomic E-state index is 14.2. The van der Waals surface area contributed by atoms with Crippen LogP contribution in [-0.4, -0.2) is 47.2 Å². The average Bonchev–Trinajstić information content (AvgIpc) is 2.68. The highest BCUT2D eigenvalue weighted by Crippen LogP contribution is 2.34. The molecule has 1 amide bonds. The zero-order chi connectivity index (χ0) is 22.5. The van der Waals surface area contributed by atoms with Crippen molar-refractivity contribution in [2.24, 2.45) is 11.8 Å². The fourth-order valence-corrected chi connectivity index (χ4v) is 3.81. The van der Waals surface area contributed by atoms with Crippen LogP contribution in [-0.2, 0) is 16.0 Å². The molecule has 9 heteroatoms. The monoisotopic (exact) mass is 432 g/mol. The first-order chi connectivity index (χ1) is 14.0. The number of alkyl halides is 3. The molecule has 0 radical (unpaired) electrons. The molecule has 0 aliphatic carbocycles. The SMILES string of the molecule is CCC1CCN([C@@H](C(=O)Nc2cc(CCC(=O)O)ccc2F)[C@@H](C)C(F)(F)F)CC1. The minimum Gasteiger partial charge on any atom is -0.481 e. The molecule has 1 aliphatic rings. The molecule has 5 nitrogen and oxygen atoms in total. The summed E-state index contributed by atoms with van der Waals surface area (Å²) in [6.45, 7) is 3.75. The second kappa shape index (κ2) is 10.2. The molecule has 0 bridgehead atoms. The minimum atomic E-state index is -4.58. The number of carboxylic acid groups (broad SMARTS) is 1. The third-order valence-corrected chi connectivity index (χ3v) is 5.79. The van der Waals surface area contributed by atoms with Crippen LogP contribution in [0.2, 0.25) is 0 Å².